The van der Waals surface area contributed by atoms with E-state index in [1.807, 2.05) is 0 Å². The number of halogens is 2. The van der Waals surface area contributed by atoms with E-state index in [2.05, 4.69) is 5.32 Å². The van der Waals surface area contributed by atoms with Gasteiger partial charge in [-0.15, -0.1) is 0 Å². The second-order valence-corrected chi connectivity index (χ2v) is 6.61. The van der Waals surface area contributed by atoms with Crippen molar-refractivity contribution in [2.24, 2.45) is 5.92 Å². The van der Waals surface area contributed by atoms with Crippen LogP contribution in [0.3, 0.4) is 0 Å². The van der Waals surface area contributed by atoms with Crippen LogP contribution in [-0.2, 0) is 4.79 Å². The van der Waals surface area contributed by atoms with E-state index in [1.165, 1.54) is 17.0 Å². The molecule has 1 N–H and O–H groups in total. The highest BCUT2D eigenvalue weighted by molar-refractivity contribution is 6.31. The number of urea groups is 1. The van der Waals surface area contributed by atoms with E-state index in [9.17, 15) is 14.0 Å². The summed E-state index contributed by atoms with van der Waals surface area (Å²) < 4.78 is 13.9. The number of nitrogens with one attached hydrogen (secondary N) is 1. The number of carbonyl (C=O) groups excluding carboxylic acids is 2. The summed E-state index contributed by atoms with van der Waals surface area (Å²) in [4.78, 5) is 27.4. The maximum atomic E-state index is 13.9. The minimum Gasteiger partial charge on any atom is -0.331 e. The number of carbonyl (C=O) groups is 2. The lowest BCUT2D eigenvalue weighted by Crippen LogP contribution is -2.41. The van der Waals surface area contributed by atoms with Gasteiger partial charge in [0.1, 0.15) is 12.4 Å². The molecule has 1 aliphatic carbocycles. The molecule has 0 aromatic heterocycles. The molecule has 1 aromatic carbocycles. The van der Waals surface area contributed by atoms with Crippen LogP contribution >= 0.6 is 11.6 Å². The summed E-state index contributed by atoms with van der Waals surface area (Å²) >= 11 is 6.01. The Morgan fingerprint density at radius 3 is 2.87 bits per heavy atom. The zero-order valence-electron chi connectivity index (χ0n) is 12.9. The normalized spacial score (nSPS) is 19.2. The van der Waals surface area contributed by atoms with Crippen LogP contribution in [0.2, 0.25) is 5.02 Å². The highest BCUT2D eigenvalue weighted by Crippen LogP contribution is 2.30. The van der Waals surface area contributed by atoms with E-state index in [-0.39, 0.29) is 29.1 Å². The molecule has 1 atom stereocenters. The first kappa shape index (κ1) is 16.1. The minimum absolute atomic E-state index is 0.0383. The summed E-state index contributed by atoms with van der Waals surface area (Å²) in [7, 11) is 0. The van der Waals surface area contributed by atoms with Gasteiger partial charge in [0.15, 0.2) is 0 Å². The Morgan fingerprint density at radius 2 is 2.22 bits per heavy atom. The quantitative estimate of drug-likeness (QED) is 0.917. The van der Waals surface area contributed by atoms with Gasteiger partial charge in [0.05, 0.1) is 12.7 Å². The molecule has 2 aliphatic rings. The van der Waals surface area contributed by atoms with Gasteiger partial charge in [0, 0.05) is 17.1 Å². The lowest BCUT2D eigenvalue weighted by molar-refractivity contribution is -0.126. The van der Waals surface area contributed by atoms with Crippen molar-refractivity contribution < 1.29 is 14.0 Å². The second kappa shape index (κ2) is 6.35. The van der Waals surface area contributed by atoms with E-state index < -0.39 is 11.9 Å². The molecule has 3 amide bonds. The average molecular weight is 340 g/mol. The molecule has 23 heavy (non-hydrogen) atoms. The van der Waals surface area contributed by atoms with Crippen molar-refractivity contribution in [3.8, 4) is 0 Å². The fourth-order valence-corrected chi connectivity index (χ4v) is 3.11. The molecule has 1 heterocycles. The van der Waals surface area contributed by atoms with Gasteiger partial charge in [-0.2, -0.15) is 0 Å². The average Bonchev–Trinajstić information content (AvgIpc) is 3.21. The molecular weight excluding hydrogens is 321 g/mol. The van der Waals surface area contributed by atoms with E-state index >= 15 is 0 Å². The number of rotatable bonds is 4. The summed E-state index contributed by atoms with van der Waals surface area (Å²) in [5.74, 6) is 0.0832. The summed E-state index contributed by atoms with van der Waals surface area (Å²) in [5, 5.41) is 2.98. The molecule has 124 valence electrons. The van der Waals surface area contributed by atoms with Gasteiger partial charge >= 0.3 is 6.03 Å². The van der Waals surface area contributed by atoms with Crippen LogP contribution in [0.15, 0.2) is 18.2 Å². The first-order valence-corrected chi connectivity index (χ1v) is 8.10. The van der Waals surface area contributed by atoms with Gasteiger partial charge in [0.25, 0.3) is 0 Å². The molecule has 5 nitrogen and oxygen atoms in total. The number of amides is 3. The lowest BCUT2D eigenvalue weighted by Gasteiger charge is -2.22. The van der Waals surface area contributed by atoms with Crippen LogP contribution in [0, 0.1) is 11.7 Å². The van der Waals surface area contributed by atoms with Gasteiger partial charge < -0.3 is 10.2 Å². The van der Waals surface area contributed by atoms with E-state index in [0.717, 1.165) is 19.4 Å². The maximum Gasteiger partial charge on any atom is 0.319 e. The largest absolute Gasteiger partial charge is 0.331 e. The van der Waals surface area contributed by atoms with Gasteiger partial charge in [-0.3, -0.25) is 9.69 Å². The standard InChI is InChI=1S/C16H19ClFN3O2/c1-10(15-12(17)3-2-4-13(15)18)19-16(23)21-8-14(22)20(9-21)7-11-5-6-11/h2-4,10-11H,5-9H2,1H3,(H,19,23). The predicted molar refractivity (Wildman–Crippen MR) is 84.4 cm³/mol. The number of benzene rings is 1. The topological polar surface area (TPSA) is 52.7 Å². The van der Waals surface area contributed by atoms with E-state index in [0.29, 0.717) is 12.6 Å². The maximum absolute atomic E-state index is 13.9. The number of nitrogens with zero attached hydrogens (tertiary/aromatic N) is 2. The lowest BCUT2D eigenvalue weighted by atomic mass is 10.1. The van der Waals surface area contributed by atoms with Crippen molar-refractivity contribution >= 4 is 23.5 Å². The number of hydrogen-bond acceptors (Lipinski definition) is 2. The Balaban J connectivity index is 1.61. The van der Waals surface area contributed by atoms with Crippen LogP contribution in [0.25, 0.3) is 0 Å². The third-order valence-electron chi connectivity index (χ3n) is 4.26. The summed E-state index contributed by atoms with van der Waals surface area (Å²) in [6.45, 7) is 2.74. The van der Waals surface area contributed by atoms with Gasteiger partial charge in [-0.25, -0.2) is 9.18 Å². The van der Waals surface area contributed by atoms with Crippen LogP contribution in [-0.4, -0.2) is 41.5 Å². The second-order valence-electron chi connectivity index (χ2n) is 6.21. The van der Waals surface area contributed by atoms with Gasteiger partial charge in [-0.05, 0) is 37.8 Å². The Morgan fingerprint density at radius 1 is 1.48 bits per heavy atom. The van der Waals surface area contributed by atoms with E-state index in [1.54, 1.807) is 17.9 Å². The minimum atomic E-state index is -0.580. The van der Waals surface area contributed by atoms with Crippen molar-refractivity contribution in [2.45, 2.75) is 25.8 Å². The molecule has 3 rings (SSSR count). The predicted octanol–water partition coefficient (Wildman–Crippen LogP) is 2.76. The van der Waals surface area contributed by atoms with Crippen LogP contribution in [0.4, 0.5) is 9.18 Å². The zero-order valence-corrected chi connectivity index (χ0v) is 13.6. The smallest absolute Gasteiger partial charge is 0.319 e. The molecule has 7 heteroatoms. The third-order valence-corrected chi connectivity index (χ3v) is 4.59. The highest BCUT2D eigenvalue weighted by atomic mass is 35.5. The molecule has 1 saturated heterocycles. The van der Waals surface area contributed by atoms with Crippen LogP contribution in [0.5, 0.6) is 0 Å². The molecule has 2 fully saturated rings. The Labute approximate surface area is 139 Å². The summed E-state index contributed by atoms with van der Waals surface area (Å²) in [6.07, 6.45) is 2.30. The Hall–Kier alpha value is -1.82. The van der Waals surface area contributed by atoms with Crippen LogP contribution in [0.1, 0.15) is 31.4 Å². The first-order valence-electron chi connectivity index (χ1n) is 7.73. The van der Waals surface area contributed by atoms with Gasteiger partial charge in [-0.1, -0.05) is 17.7 Å². The van der Waals surface area contributed by atoms with Crippen molar-refractivity contribution in [3.05, 3.63) is 34.6 Å². The fourth-order valence-electron chi connectivity index (χ4n) is 2.78. The number of hydrogen-bond donors (Lipinski definition) is 1. The van der Waals surface area contributed by atoms with Crippen molar-refractivity contribution in [1.82, 2.24) is 15.1 Å². The molecule has 1 aromatic rings. The van der Waals surface area contributed by atoms with Crippen molar-refractivity contribution in [1.29, 1.82) is 0 Å². The van der Waals surface area contributed by atoms with Crippen molar-refractivity contribution in [3.63, 3.8) is 0 Å². The zero-order chi connectivity index (χ0) is 16.6. The first-order chi connectivity index (χ1) is 11.0. The summed E-state index contributed by atoms with van der Waals surface area (Å²) in [5.41, 5.74) is 0.253. The Bertz CT molecular complexity index is 616. The highest BCUT2D eigenvalue weighted by Gasteiger charge is 2.35. The molecule has 0 radical (unpaired) electrons. The molecule has 0 spiro atoms. The van der Waals surface area contributed by atoms with Crippen LogP contribution < -0.4 is 5.32 Å². The summed E-state index contributed by atoms with van der Waals surface area (Å²) in [6, 6.07) is 3.44. The molecular formula is C16H19ClFN3O2. The SMILES string of the molecule is CC(NC(=O)N1CC(=O)N(CC2CC2)C1)c1c(F)cccc1Cl. The molecule has 1 aliphatic heterocycles. The van der Waals surface area contributed by atoms with Gasteiger partial charge in [0.2, 0.25) is 5.91 Å². The molecule has 0 bridgehead atoms. The Kier molecular flexibility index (Phi) is 4.43. The van der Waals surface area contributed by atoms with E-state index in [4.69, 9.17) is 11.6 Å². The fraction of sp³-hybridized carbons (Fsp3) is 0.500. The monoisotopic (exact) mass is 339 g/mol. The molecule has 1 unspecified atom stereocenters. The third kappa shape index (κ3) is 3.58. The van der Waals surface area contributed by atoms with Crippen molar-refractivity contribution in [2.75, 3.05) is 19.8 Å². The molecule has 1 saturated carbocycles.